The Kier molecular flexibility index (Phi) is 3.16. The number of rotatable bonds is 2. The SMILES string of the molecule is Cc1ccc(CC(C)Cl)cc1C. The van der Waals surface area contributed by atoms with Crippen LogP contribution >= 0.6 is 11.6 Å². The second kappa shape index (κ2) is 3.95. The van der Waals surface area contributed by atoms with E-state index in [9.17, 15) is 0 Å². The normalized spacial score (nSPS) is 13.0. The van der Waals surface area contributed by atoms with Crippen LogP contribution in [0.15, 0.2) is 18.2 Å². The van der Waals surface area contributed by atoms with Gasteiger partial charge in [0, 0.05) is 5.38 Å². The van der Waals surface area contributed by atoms with E-state index in [4.69, 9.17) is 11.6 Å². The highest BCUT2D eigenvalue weighted by molar-refractivity contribution is 6.20. The van der Waals surface area contributed by atoms with Gasteiger partial charge in [0.2, 0.25) is 0 Å². The number of hydrogen-bond acceptors (Lipinski definition) is 0. The van der Waals surface area contributed by atoms with Crippen molar-refractivity contribution in [3.8, 4) is 0 Å². The summed E-state index contributed by atoms with van der Waals surface area (Å²) in [6, 6.07) is 6.53. The molecule has 0 aliphatic rings. The molecule has 0 saturated heterocycles. The molecular weight excluding hydrogens is 168 g/mol. The first-order valence-corrected chi connectivity index (χ1v) is 4.73. The molecule has 1 heteroatoms. The summed E-state index contributed by atoms with van der Waals surface area (Å²) in [5, 5.41) is 0.229. The molecule has 1 unspecified atom stereocenters. The first-order valence-electron chi connectivity index (χ1n) is 4.30. The molecular formula is C11H15Cl. The highest BCUT2D eigenvalue weighted by atomic mass is 35.5. The fourth-order valence-corrected chi connectivity index (χ4v) is 1.43. The van der Waals surface area contributed by atoms with E-state index in [2.05, 4.69) is 32.0 Å². The maximum absolute atomic E-state index is 5.90. The lowest BCUT2D eigenvalue weighted by Crippen LogP contribution is -1.97. The van der Waals surface area contributed by atoms with Gasteiger partial charge in [0.25, 0.3) is 0 Å². The second-order valence-corrected chi connectivity index (χ2v) is 4.15. The fourth-order valence-electron chi connectivity index (χ4n) is 1.26. The third-order valence-corrected chi connectivity index (χ3v) is 2.24. The Labute approximate surface area is 79.6 Å². The lowest BCUT2D eigenvalue weighted by Gasteiger charge is -2.05. The Hall–Kier alpha value is -0.490. The van der Waals surface area contributed by atoms with Crippen LogP contribution in [-0.4, -0.2) is 5.38 Å². The van der Waals surface area contributed by atoms with Crippen LogP contribution in [-0.2, 0) is 6.42 Å². The van der Waals surface area contributed by atoms with Crippen molar-refractivity contribution in [1.82, 2.24) is 0 Å². The van der Waals surface area contributed by atoms with Crippen LogP contribution in [0.2, 0.25) is 0 Å². The Morgan fingerprint density at radius 1 is 1.25 bits per heavy atom. The Bertz CT molecular complexity index is 264. The molecule has 66 valence electrons. The molecule has 0 aromatic heterocycles. The van der Waals surface area contributed by atoms with Crippen molar-refractivity contribution < 1.29 is 0 Å². The van der Waals surface area contributed by atoms with Gasteiger partial charge in [0.15, 0.2) is 0 Å². The lowest BCUT2D eigenvalue weighted by atomic mass is 10.0. The average Bonchev–Trinajstić information content (AvgIpc) is 1.96. The predicted octanol–water partition coefficient (Wildman–Crippen LogP) is 3.47. The standard InChI is InChI=1S/C11H15Cl/c1-8-4-5-11(6-9(8)2)7-10(3)12/h4-6,10H,7H2,1-3H3. The largest absolute Gasteiger partial charge is 0.123 e. The van der Waals surface area contributed by atoms with E-state index >= 15 is 0 Å². The molecule has 1 rings (SSSR count). The van der Waals surface area contributed by atoms with Gasteiger partial charge >= 0.3 is 0 Å². The molecule has 0 heterocycles. The van der Waals surface area contributed by atoms with E-state index in [1.807, 2.05) is 6.92 Å². The predicted molar refractivity (Wildman–Crippen MR) is 54.9 cm³/mol. The van der Waals surface area contributed by atoms with Crippen LogP contribution in [0.1, 0.15) is 23.6 Å². The zero-order valence-electron chi connectivity index (χ0n) is 7.89. The van der Waals surface area contributed by atoms with Crippen molar-refractivity contribution >= 4 is 11.6 Å². The Balaban J connectivity index is 2.82. The summed E-state index contributed by atoms with van der Waals surface area (Å²) in [5.41, 5.74) is 4.03. The molecule has 1 atom stereocenters. The number of alkyl halides is 1. The second-order valence-electron chi connectivity index (χ2n) is 3.40. The van der Waals surface area contributed by atoms with Gasteiger partial charge in [-0.05, 0) is 43.9 Å². The minimum absolute atomic E-state index is 0.229. The summed E-state index contributed by atoms with van der Waals surface area (Å²) in [6.07, 6.45) is 0.961. The fraction of sp³-hybridized carbons (Fsp3) is 0.455. The molecule has 0 aliphatic carbocycles. The monoisotopic (exact) mass is 182 g/mol. The molecule has 0 fully saturated rings. The molecule has 0 radical (unpaired) electrons. The number of benzene rings is 1. The van der Waals surface area contributed by atoms with Crippen LogP contribution < -0.4 is 0 Å². The molecule has 12 heavy (non-hydrogen) atoms. The van der Waals surface area contributed by atoms with Gasteiger partial charge in [-0.1, -0.05) is 18.2 Å². The minimum atomic E-state index is 0.229. The summed E-state index contributed by atoms with van der Waals surface area (Å²) in [5.74, 6) is 0. The number of hydrogen-bond donors (Lipinski definition) is 0. The average molecular weight is 183 g/mol. The summed E-state index contributed by atoms with van der Waals surface area (Å²) >= 11 is 5.90. The summed E-state index contributed by atoms with van der Waals surface area (Å²) in [7, 11) is 0. The topological polar surface area (TPSA) is 0 Å². The van der Waals surface area contributed by atoms with E-state index in [1.165, 1.54) is 16.7 Å². The van der Waals surface area contributed by atoms with Gasteiger partial charge in [0.1, 0.15) is 0 Å². The molecule has 0 saturated carbocycles. The summed E-state index contributed by atoms with van der Waals surface area (Å²) < 4.78 is 0. The van der Waals surface area contributed by atoms with Crippen molar-refractivity contribution in [1.29, 1.82) is 0 Å². The van der Waals surface area contributed by atoms with E-state index in [1.54, 1.807) is 0 Å². The summed E-state index contributed by atoms with van der Waals surface area (Å²) in [4.78, 5) is 0. The van der Waals surface area contributed by atoms with Crippen molar-refractivity contribution in [2.24, 2.45) is 0 Å². The first kappa shape index (κ1) is 9.60. The van der Waals surface area contributed by atoms with Gasteiger partial charge in [-0.15, -0.1) is 11.6 Å². The Morgan fingerprint density at radius 3 is 2.42 bits per heavy atom. The van der Waals surface area contributed by atoms with Gasteiger partial charge in [0.05, 0.1) is 0 Å². The number of halogens is 1. The molecule has 0 amide bonds. The Morgan fingerprint density at radius 2 is 1.92 bits per heavy atom. The van der Waals surface area contributed by atoms with Gasteiger partial charge < -0.3 is 0 Å². The molecule has 0 aliphatic heterocycles. The van der Waals surface area contributed by atoms with Gasteiger partial charge in [-0.25, -0.2) is 0 Å². The van der Waals surface area contributed by atoms with Crippen LogP contribution in [0.3, 0.4) is 0 Å². The van der Waals surface area contributed by atoms with Crippen molar-refractivity contribution in [2.45, 2.75) is 32.6 Å². The molecule has 0 N–H and O–H groups in total. The van der Waals surface area contributed by atoms with E-state index in [0.717, 1.165) is 6.42 Å². The van der Waals surface area contributed by atoms with Gasteiger partial charge in [-0.3, -0.25) is 0 Å². The smallest absolute Gasteiger partial charge is 0.0348 e. The summed E-state index contributed by atoms with van der Waals surface area (Å²) in [6.45, 7) is 6.29. The molecule has 0 nitrogen and oxygen atoms in total. The maximum Gasteiger partial charge on any atom is 0.0348 e. The quantitative estimate of drug-likeness (QED) is 0.615. The highest BCUT2D eigenvalue weighted by Crippen LogP contribution is 2.13. The third kappa shape index (κ3) is 2.53. The zero-order valence-corrected chi connectivity index (χ0v) is 8.65. The van der Waals surface area contributed by atoms with Crippen molar-refractivity contribution in [3.05, 3.63) is 34.9 Å². The molecule has 0 spiro atoms. The van der Waals surface area contributed by atoms with Crippen LogP contribution in [0.5, 0.6) is 0 Å². The third-order valence-electron chi connectivity index (χ3n) is 2.09. The van der Waals surface area contributed by atoms with E-state index in [-0.39, 0.29) is 5.38 Å². The lowest BCUT2D eigenvalue weighted by molar-refractivity contribution is 0.928. The van der Waals surface area contributed by atoms with Crippen LogP contribution in [0, 0.1) is 13.8 Å². The zero-order chi connectivity index (χ0) is 9.14. The minimum Gasteiger partial charge on any atom is -0.123 e. The number of aryl methyl sites for hydroxylation is 2. The van der Waals surface area contributed by atoms with E-state index in [0.29, 0.717) is 0 Å². The van der Waals surface area contributed by atoms with E-state index < -0.39 is 0 Å². The van der Waals surface area contributed by atoms with Crippen LogP contribution in [0.4, 0.5) is 0 Å². The maximum atomic E-state index is 5.90. The highest BCUT2D eigenvalue weighted by Gasteiger charge is 2.00. The van der Waals surface area contributed by atoms with Crippen molar-refractivity contribution in [3.63, 3.8) is 0 Å². The molecule has 1 aromatic rings. The van der Waals surface area contributed by atoms with Gasteiger partial charge in [-0.2, -0.15) is 0 Å². The first-order chi connectivity index (χ1) is 5.59. The van der Waals surface area contributed by atoms with Crippen molar-refractivity contribution in [2.75, 3.05) is 0 Å². The molecule has 1 aromatic carbocycles. The molecule has 0 bridgehead atoms. The van der Waals surface area contributed by atoms with Crippen LogP contribution in [0.25, 0.3) is 0 Å².